The van der Waals surface area contributed by atoms with Gasteiger partial charge in [0.1, 0.15) is 0 Å². The Bertz CT molecular complexity index is 108. The second-order valence-corrected chi connectivity index (χ2v) is 3.40. The monoisotopic (exact) mass is 203 g/mol. The molecule has 0 aliphatic rings. The van der Waals surface area contributed by atoms with Crippen LogP contribution in [0.15, 0.2) is 0 Å². The highest BCUT2D eigenvalue weighted by Crippen LogP contribution is 2.04. The average molecular weight is 203 g/mol. The van der Waals surface area contributed by atoms with Crippen molar-refractivity contribution in [2.45, 2.75) is 45.8 Å². The number of methoxy groups -OCH3 is 1. The lowest BCUT2D eigenvalue weighted by atomic mass is 10.1. The molecular formula is C11H25NO2. The molecule has 0 aliphatic heterocycles. The van der Waals surface area contributed by atoms with Crippen molar-refractivity contribution >= 4 is 0 Å². The third-order valence-corrected chi connectivity index (χ3v) is 2.31. The maximum absolute atomic E-state index is 5.43. The van der Waals surface area contributed by atoms with Crippen molar-refractivity contribution in [3.05, 3.63) is 0 Å². The van der Waals surface area contributed by atoms with E-state index in [0.29, 0.717) is 6.04 Å². The van der Waals surface area contributed by atoms with Crippen molar-refractivity contribution < 1.29 is 9.47 Å². The van der Waals surface area contributed by atoms with Gasteiger partial charge in [-0.3, -0.25) is 0 Å². The highest BCUT2D eigenvalue weighted by Gasteiger charge is 2.18. The van der Waals surface area contributed by atoms with Crippen LogP contribution in [0.3, 0.4) is 0 Å². The Labute approximate surface area is 88.2 Å². The largest absolute Gasteiger partial charge is 0.380 e. The lowest BCUT2D eigenvalue weighted by Gasteiger charge is -2.25. The molecule has 0 spiro atoms. The zero-order valence-electron chi connectivity index (χ0n) is 10.0. The minimum Gasteiger partial charge on any atom is -0.380 e. The van der Waals surface area contributed by atoms with E-state index in [-0.39, 0.29) is 6.10 Å². The Morgan fingerprint density at radius 3 is 2.36 bits per heavy atom. The summed E-state index contributed by atoms with van der Waals surface area (Å²) in [5, 5.41) is 3.46. The fraction of sp³-hybridized carbons (Fsp3) is 1.00. The minimum absolute atomic E-state index is 0.257. The van der Waals surface area contributed by atoms with Crippen molar-refractivity contribution in [2.75, 3.05) is 26.9 Å². The molecule has 14 heavy (non-hydrogen) atoms. The molecule has 0 aromatic carbocycles. The van der Waals surface area contributed by atoms with Crippen molar-refractivity contribution in [1.82, 2.24) is 5.32 Å². The first-order valence-electron chi connectivity index (χ1n) is 5.63. The molecule has 0 rings (SSSR count). The van der Waals surface area contributed by atoms with Crippen LogP contribution in [0.4, 0.5) is 0 Å². The molecule has 0 heterocycles. The van der Waals surface area contributed by atoms with Gasteiger partial charge in [0.25, 0.3) is 0 Å². The van der Waals surface area contributed by atoms with E-state index in [1.54, 1.807) is 7.11 Å². The number of nitrogens with one attached hydrogen (secondary N) is 1. The maximum Gasteiger partial charge on any atom is 0.0744 e. The van der Waals surface area contributed by atoms with Gasteiger partial charge < -0.3 is 14.8 Å². The number of hydrogen-bond acceptors (Lipinski definition) is 3. The quantitative estimate of drug-likeness (QED) is 0.620. The summed E-state index contributed by atoms with van der Waals surface area (Å²) in [4.78, 5) is 0. The Morgan fingerprint density at radius 2 is 1.93 bits per heavy atom. The summed E-state index contributed by atoms with van der Waals surface area (Å²) in [6.45, 7) is 8.86. The van der Waals surface area contributed by atoms with Gasteiger partial charge in [-0.1, -0.05) is 13.8 Å². The van der Waals surface area contributed by atoms with Gasteiger partial charge in [-0.05, 0) is 26.3 Å². The summed E-state index contributed by atoms with van der Waals surface area (Å²) >= 11 is 0. The molecular weight excluding hydrogens is 178 g/mol. The van der Waals surface area contributed by atoms with Gasteiger partial charge in [0, 0.05) is 13.7 Å². The highest BCUT2D eigenvalue weighted by molar-refractivity contribution is 4.75. The van der Waals surface area contributed by atoms with E-state index in [1.807, 2.05) is 6.92 Å². The summed E-state index contributed by atoms with van der Waals surface area (Å²) in [7, 11) is 1.76. The fourth-order valence-electron chi connectivity index (χ4n) is 1.49. The molecule has 0 saturated heterocycles. The van der Waals surface area contributed by atoms with Crippen LogP contribution in [-0.4, -0.2) is 39.0 Å². The van der Waals surface area contributed by atoms with Gasteiger partial charge in [0.15, 0.2) is 0 Å². The van der Waals surface area contributed by atoms with Gasteiger partial charge in [-0.25, -0.2) is 0 Å². The van der Waals surface area contributed by atoms with Crippen molar-refractivity contribution in [3.63, 3.8) is 0 Å². The van der Waals surface area contributed by atoms with Crippen LogP contribution in [0, 0.1) is 0 Å². The summed E-state index contributed by atoms with van der Waals surface area (Å²) in [5.41, 5.74) is 0. The predicted molar refractivity (Wildman–Crippen MR) is 59.7 cm³/mol. The van der Waals surface area contributed by atoms with Crippen molar-refractivity contribution in [3.8, 4) is 0 Å². The average Bonchev–Trinajstić information content (AvgIpc) is 2.22. The molecule has 0 fully saturated rings. The van der Waals surface area contributed by atoms with E-state index in [4.69, 9.17) is 9.47 Å². The smallest absolute Gasteiger partial charge is 0.0744 e. The Kier molecular flexibility index (Phi) is 9.35. The SMILES string of the molecule is CCCNC(COCC)C(CC)OC. The van der Waals surface area contributed by atoms with E-state index in [0.717, 1.165) is 32.6 Å². The maximum atomic E-state index is 5.43. The standard InChI is InChI=1S/C11H25NO2/c1-5-8-12-10(9-14-7-3)11(6-2)13-4/h10-12H,5-9H2,1-4H3. The Balaban J connectivity index is 3.92. The molecule has 0 saturated carbocycles. The first-order valence-corrected chi connectivity index (χ1v) is 5.63. The molecule has 2 atom stereocenters. The molecule has 0 aliphatic carbocycles. The van der Waals surface area contributed by atoms with Crippen LogP contribution in [-0.2, 0) is 9.47 Å². The van der Waals surface area contributed by atoms with Gasteiger partial charge >= 0.3 is 0 Å². The molecule has 0 bridgehead atoms. The van der Waals surface area contributed by atoms with Crippen LogP contribution in [0.5, 0.6) is 0 Å². The van der Waals surface area contributed by atoms with E-state index in [9.17, 15) is 0 Å². The van der Waals surface area contributed by atoms with Crippen LogP contribution in [0.25, 0.3) is 0 Å². The number of rotatable bonds is 9. The third kappa shape index (κ3) is 5.58. The first kappa shape index (κ1) is 13.9. The molecule has 3 nitrogen and oxygen atoms in total. The first-order chi connectivity index (χ1) is 6.79. The zero-order chi connectivity index (χ0) is 10.8. The Hall–Kier alpha value is -0.120. The molecule has 0 aromatic heterocycles. The molecule has 0 radical (unpaired) electrons. The number of ether oxygens (including phenoxy) is 2. The van der Waals surface area contributed by atoms with Gasteiger partial charge in [-0.2, -0.15) is 0 Å². The van der Waals surface area contributed by atoms with Gasteiger partial charge in [0.2, 0.25) is 0 Å². The second kappa shape index (κ2) is 9.44. The zero-order valence-corrected chi connectivity index (χ0v) is 10.0. The van der Waals surface area contributed by atoms with Gasteiger partial charge in [-0.15, -0.1) is 0 Å². The third-order valence-electron chi connectivity index (χ3n) is 2.31. The van der Waals surface area contributed by atoms with E-state index in [2.05, 4.69) is 19.2 Å². The van der Waals surface area contributed by atoms with E-state index < -0.39 is 0 Å². The Morgan fingerprint density at radius 1 is 1.21 bits per heavy atom. The normalized spacial score (nSPS) is 15.4. The predicted octanol–water partition coefficient (Wildman–Crippen LogP) is 1.82. The van der Waals surface area contributed by atoms with Gasteiger partial charge in [0.05, 0.1) is 18.8 Å². The topological polar surface area (TPSA) is 30.5 Å². The highest BCUT2D eigenvalue weighted by atomic mass is 16.5. The summed E-state index contributed by atoms with van der Waals surface area (Å²) in [6, 6.07) is 0.324. The molecule has 1 N–H and O–H groups in total. The van der Waals surface area contributed by atoms with Crippen molar-refractivity contribution in [2.24, 2.45) is 0 Å². The second-order valence-electron chi connectivity index (χ2n) is 3.40. The molecule has 0 amide bonds. The number of hydrogen-bond donors (Lipinski definition) is 1. The van der Waals surface area contributed by atoms with Crippen LogP contribution >= 0.6 is 0 Å². The molecule has 0 aromatic rings. The molecule has 2 unspecified atom stereocenters. The lowest BCUT2D eigenvalue weighted by Crippen LogP contribution is -2.44. The summed E-state index contributed by atoms with van der Waals surface area (Å²) < 4.78 is 10.8. The van der Waals surface area contributed by atoms with Crippen LogP contribution in [0.1, 0.15) is 33.6 Å². The molecule has 86 valence electrons. The van der Waals surface area contributed by atoms with E-state index >= 15 is 0 Å². The van der Waals surface area contributed by atoms with Crippen LogP contribution < -0.4 is 5.32 Å². The van der Waals surface area contributed by atoms with Crippen LogP contribution in [0.2, 0.25) is 0 Å². The molecule has 3 heteroatoms. The fourth-order valence-corrected chi connectivity index (χ4v) is 1.49. The lowest BCUT2D eigenvalue weighted by molar-refractivity contribution is 0.0223. The summed E-state index contributed by atoms with van der Waals surface area (Å²) in [6.07, 6.45) is 2.42. The minimum atomic E-state index is 0.257. The van der Waals surface area contributed by atoms with Crippen molar-refractivity contribution in [1.29, 1.82) is 0 Å². The summed E-state index contributed by atoms with van der Waals surface area (Å²) in [5.74, 6) is 0. The van der Waals surface area contributed by atoms with E-state index in [1.165, 1.54) is 0 Å².